The van der Waals surface area contributed by atoms with Crippen molar-refractivity contribution in [3.8, 4) is 0 Å². The van der Waals surface area contributed by atoms with Crippen LogP contribution in [0.5, 0.6) is 0 Å². The standard InChI is InChI=1S/C23H21ClF3NO5S/c1-33-23(30)14-6-11-2-3-12(7-14)21(11)34(31,32)19-8-13(4-5-16(19)24)22(29)28-15-9-17(25)20(27)18(26)10-15/h4-5,8-12,14,21H,2-3,6-7H2,1H3,(H,28,29)/t11-,12?,14-,21?/m0/s1. The van der Waals surface area contributed by atoms with Gasteiger partial charge in [-0.15, -0.1) is 0 Å². The predicted molar refractivity (Wildman–Crippen MR) is 118 cm³/mol. The summed E-state index contributed by atoms with van der Waals surface area (Å²) in [6, 6.07) is 4.88. The normalized spacial score (nSPS) is 24.0. The van der Waals surface area contributed by atoms with Crippen LogP contribution in [0, 0.1) is 35.2 Å². The Morgan fingerprint density at radius 3 is 2.18 bits per heavy atom. The van der Waals surface area contributed by atoms with E-state index < -0.39 is 38.4 Å². The number of rotatable bonds is 5. The van der Waals surface area contributed by atoms with Crippen LogP contribution < -0.4 is 5.32 Å². The lowest BCUT2D eigenvalue weighted by Crippen LogP contribution is -2.39. The van der Waals surface area contributed by atoms with Crippen LogP contribution in [0.2, 0.25) is 5.02 Å². The van der Waals surface area contributed by atoms with Gasteiger partial charge in [0.25, 0.3) is 5.91 Å². The van der Waals surface area contributed by atoms with Gasteiger partial charge in [-0.3, -0.25) is 9.59 Å². The summed E-state index contributed by atoms with van der Waals surface area (Å²) in [5.41, 5.74) is -0.441. The maximum Gasteiger partial charge on any atom is 0.308 e. The fourth-order valence-electron chi connectivity index (χ4n) is 5.18. The van der Waals surface area contributed by atoms with Gasteiger partial charge in [0, 0.05) is 23.4 Å². The second kappa shape index (κ2) is 9.22. The summed E-state index contributed by atoms with van der Waals surface area (Å²) in [6.07, 6.45) is 2.10. The molecule has 2 saturated carbocycles. The third-order valence-electron chi connectivity index (χ3n) is 6.65. The minimum atomic E-state index is -3.97. The fourth-order valence-corrected chi connectivity index (χ4v) is 8.05. The Balaban J connectivity index is 1.61. The molecule has 0 saturated heterocycles. The van der Waals surface area contributed by atoms with Gasteiger partial charge >= 0.3 is 5.97 Å². The first-order valence-electron chi connectivity index (χ1n) is 10.6. The van der Waals surface area contributed by atoms with E-state index in [9.17, 15) is 31.2 Å². The largest absolute Gasteiger partial charge is 0.469 e. The second-order valence-corrected chi connectivity index (χ2v) is 11.1. The molecular weight excluding hydrogens is 495 g/mol. The molecule has 0 aromatic heterocycles. The van der Waals surface area contributed by atoms with Crippen LogP contribution >= 0.6 is 11.6 Å². The summed E-state index contributed by atoms with van der Waals surface area (Å²) in [5, 5.41) is 1.41. The monoisotopic (exact) mass is 515 g/mol. The maximum atomic E-state index is 13.6. The first-order chi connectivity index (χ1) is 16.0. The average molecular weight is 516 g/mol. The highest BCUT2D eigenvalue weighted by Crippen LogP contribution is 2.50. The number of hydrogen-bond acceptors (Lipinski definition) is 5. The third kappa shape index (κ3) is 4.40. The fraction of sp³-hybridized carbons (Fsp3) is 0.391. The van der Waals surface area contributed by atoms with Crippen molar-refractivity contribution in [1.29, 1.82) is 0 Å². The van der Waals surface area contributed by atoms with Crippen LogP contribution in [-0.2, 0) is 19.4 Å². The summed E-state index contributed by atoms with van der Waals surface area (Å²) in [5.74, 6) is -6.67. The first kappa shape index (κ1) is 24.5. The number of methoxy groups -OCH3 is 1. The lowest BCUT2D eigenvalue weighted by molar-refractivity contribution is -0.147. The van der Waals surface area contributed by atoms with Crippen LogP contribution in [0.1, 0.15) is 36.0 Å². The van der Waals surface area contributed by atoms with E-state index in [2.05, 4.69) is 5.32 Å². The highest BCUT2D eigenvalue weighted by atomic mass is 35.5. The molecule has 0 radical (unpaired) electrons. The van der Waals surface area contributed by atoms with Gasteiger partial charge in [0.15, 0.2) is 27.3 Å². The number of nitrogens with one attached hydrogen (secondary N) is 1. The zero-order valence-electron chi connectivity index (χ0n) is 18.0. The van der Waals surface area contributed by atoms with Crippen molar-refractivity contribution in [1.82, 2.24) is 0 Å². The molecule has 2 fully saturated rings. The Morgan fingerprint density at radius 2 is 1.62 bits per heavy atom. The van der Waals surface area contributed by atoms with E-state index in [0.29, 0.717) is 37.8 Å². The van der Waals surface area contributed by atoms with Gasteiger partial charge in [-0.2, -0.15) is 0 Å². The number of benzene rings is 2. The summed E-state index contributed by atoms with van der Waals surface area (Å²) in [7, 11) is -2.66. The molecule has 2 aromatic rings. The highest BCUT2D eigenvalue weighted by molar-refractivity contribution is 7.92. The number of esters is 1. The van der Waals surface area contributed by atoms with Gasteiger partial charge in [0.2, 0.25) is 0 Å². The van der Waals surface area contributed by atoms with Crippen LogP contribution in [0.3, 0.4) is 0 Å². The maximum absolute atomic E-state index is 13.6. The smallest absolute Gasteiger partial charge is 0.308 e. The van der Waals surface area contributed by atoms with E-state index >= 15 is 0 Å². The molecular formula is C23H21ClF3NO5S. The molecule has 0 aliphatic heterocycles. The van der Waals surface area contributed by atoms with Gasteiger partial charge in [-0.05, 0) is 55.7 Å². The van der Waals surface area contributed by atoms with Crippen LogP contribution in [0.4, 0.5) is 18.9 Å². The summed E-state index contributed by atoms with van der Waals surface area (Å²) in [6.45, 7) is 0. The minimum Gasteiger partial charge on any atom is -0.469 e. The number of carbonyl (C=O) groups excluding carboxylic acids is 2. The lowest BCUT2D eigenvalue weighted by atomic mass is 9.80. The Labute approximate surface area is 199 Å². The van der Waals surface area contributed by atoms with Crippen molar-refractivity contribution in [2.45, 2.75) is 35.8 Å². The van der Waals surface area contributed by atoms with E-state index in [1.54, 1.807) is 0 Å². The molecule has 0 heterocycles. The van der Waals surface area contributed by atoms with E-state index in [1.165, 1.54) is 19.2 Å². The third-order valence-corrected chi connectivity index (χ3v) is 9.53. The number of fused-ring (bicyclic) bond motifs is 2. The molecule has 34 heavy (non-hydrogen) atoms. The SMILES string of the molecule is COC(=O)[C@@H]1CC2CC[C@@H](C1)C2S(=O)(=O)c1cc(C(=O)Nc2cc(F)c(F)c(F)c2)ccc1Cl. The number of halogens is 4. The number of amides is 1. The molecule has 2 aliphatic rings. The Hall–Kier alpha value is -2.59. The van der Waals surface area contributed by atoms with Crippen molar-refractivity contribution in [2.24, 2.45) is 17.8 Å². The van der Waals surface area contributed by atoms with Gasteiger partial charge in [0.1, 0.15) is 0 Å². The van der Waals surface area contributed by atoms with E-state index in [-0.39, 0.29) is 44.9 Å². The van der Waals surface area contributed by atoms with Gasteiger partial charge in [-0.25, -0.2) is 21.6 Å². The molecule has 6 nitrogen and oxygen atoms in total. The predicted octanol–water partition coefficient (Wildman–Crippen LogP) is 4.76. The number of sulfone groups is 1. The van der Waals surface area contributed by atoms with Gasteiger partial charge in [-0.1, -0.05) is 11.6 Å². The van der Waals surface area contributed by atoms with E-state index in [4.69, 9.17) is 16.3 Å². The van der Waals surface area contributed by atoms with Crippen molar-refractivity contribution >= 4 is 39.0 Å². The van der Waals surface area contributed by atoms with Crippen molar-refractivity contribution < 1.29 is 35.9 Å². The van der Waals surface area contributed by atoms with Crippen molar-refractivity contribution in [3.05, 3.63) is 58.4 Å². The summed E-state index contributed by atoms with van der Waals surface area (Å²) in [4.78, 5) is 24.4. The highest BCUT2D eigenvalue weighted by Gasteiger charge is 2.51. The molecule has 4 atom stereocenters. The van der Waals surface area contributed by atoms with E-state index in [0.717, 1.165) is 6.07 Å². The van der Waals surface area contributed by atoms with Crippen LogP contribution in [-0.4, -0.2) is 32.7 Å². The molecule has 0 spiro atoms. The molecule has 4 rings (SSSR count). The van der Waals surface area contributed by atoms with Gasteiger partial charge < -0.3 is 10.1 Å². The van der Waals surface area contributed by atoms with Crippen molar-refractivity contribution in [2.75, 3.05) is 12.4 Å². The zero-order valence-corrected chi connectivity index (χ0v) is 19.6. The Kier molecular flexibility index (Phi) is 6.65. The first-order valence-corrected chi connectivity index (χ1v) is 12.5. The van der Waals surface area contributed by atoms with Crippen LogP contribution in [0.15, 0.2) is 35.2 Å². The molecule has 2 unspecified atom stereocenters. The molecule has 2 bridgehead atoms. The molecule has 2 aliphatic carbocycles. The minimum absolute atomic E-state index is 0.0649. The summed E-state index contributed by atoms with van der Waals surface area (Å²) >= 11 is 6.22. The molecule has 1 N–H and O–H groups in total. The summed E-state index contributed by atoms with van der Waals surface area (Å²) < 4.78 is 72.1. The number of carbonyl (C=O) groups is 2. The number of hydrogen-bond donors (Lipinski definition) is 1. The quantitative estimate of drug-likeness (QED) is 0.458. The molecule has 2 aromatic carbocycles. The number of ether oxygens (including phenoxy) is 1. The van der Waals surface area contributed by atoms with Crippen LogP contribution in [0.25, 0.3) is 0 Å². The van der Waals surface area contributed by atoms with Gasteiger partial charge in [0.05, 0.1) is 28.2 Å². The average Bonchev–Trinajstić information content (AvgIpc) is 3.07. The van der Waals surface area contributed by atoms with Crippen molar-refractivity contribution in [3.63, 3.8) is 0 Å². The molecule has 182 valence electrons. The molecule has 1 amide bonds. The lowest BCUT2D eigenvalue weighted by Gasteiger charge is -2.33. The Morgan fingerprint density at radius 1 is 1.03 bits per heavy atom. The topological polar surface area (TPSA) is 89.5 Å². The second-order valence-electron chi connectivity index (χ2n) is 8.65. The van der Waals surface area contributed by atoms with E-state index in [1.807, 2.05) is 0 Å². The zero-order chi connectivity index (χ0) is 24.8. The number of anilines is 1. The molecule has 11 heteroatoms. The Bertz CT molecular complexity index is 1230.